The van der Waals surface area contributed by atoms with Crippen molar-refractivity contribution >= 4 is 5.91 Å². The Kier molecular flexibility index (Phi) is 3.42. The zero-order valence-corrected chi connectivity index (χ0v) is 9.22. The van der Waals surface area contributed by atoms with Crippen LogP contribution in [0.3, 0.4) is 0 Å². The lowest BCUT2D eigenvalue weighted by molar-refractivity contribution is 0.0744. The van der Waals surface area contributed by atoms with Crippen LogP contribution in [0, 0.1) is 0 Å². The number of hydrogen-bond acceptors (Lipinski definition) is 2. The van der Waals surface area contributed by atoms with Crippen molar-refractivity contribution in [2.45, 2.75) is 25.5 Å². The largest absolute Gasteiger partial charge is 0.391 e. The molecule has 6 heteroatoms. The van der Waals surface area contributed by atoms with Gasteiger partial charge in [0, 0.05) is 19.3 Å². The van der Waals surface area contributed by atoms with Gasteiger partial charge in [-0.3, -0.25) is 4.79 Å². The van der Waals surface area contributed by atoms with E-state index in [1.807, 2.05) is 0 Å². The van der Waals surface area contributed by atoms with Crippen molar-refractivity contribution in [2.24, 2.45) is 0 Å². The average molecular weight is 244 g/mol. The van der Waals surface area contributed by atoms with Crippen LogP contribution in [-0.4, -0.2) is 46.1 Å². The summed E-state index contributed by atoms with van der Waals surface area (Å²) >= 11 is 0. The van der Waals surface area contributed by atoms with E-state index in [0.717, 1.165) is 0 Å². The van der Waals surface area contributed by atoms with E-state index in [1.165, 1.54) is 21.7 Å². The van der Waals surface area contributed by atoms with Gasteiger partial charge in [0.25, 0.3) is 12.3 Å². The standard InChI is InChI=1S/C11H14F2N2O2/c12-10(13)7-14-4-1-2-9(14)11(17)15-5-3-8(16)6-15/h1-2,4,8,10,16H,3,5-7H2/t8-/m1/s1. The molecule has 17 heavy (non-hydrogen) atoms. The van der Waals surface area contributed by atoms with Crippen LogP contribution in [0.25, 0.3) is 0 Å². The molecule has 0 unspecified atom stereocenters. The molecule has 0 aliphatic carbocycles. The number of carbonyl (C=O) groups excluding carboxylic acids is 1. The van der Waals surface area contributed by atoms with Gasteiger partial charge in [-0.25, -0.2) is 8.78 Å². The van der Waals surface area contributed by atoms with Crippen molar-refractivity contribution in [3.63, 3.8) is 0 Å². The molecule has 1 N–H and O–H groups in total. The van der Waals surface area contributed by atoms with E-state index in [2.05, 4.69) is 0 Å². The molecule has 0 radical (unpaired) electrons. The van der Waals surface area contributed by atoms with E-state index < -0.39 is 19.1 Å². The molecule has 1 saturated heterocycles. The summed E-state index contributed by atoms with van der Waals surface area (Å²) in [6.07, 6.45) is -0.983. The molecule has 0 saturated carbocycles. The predicted molar refractivity (Wildman–Crippen MR) is 57.0 cm³/mol. The molecular formula is C11H14F2N2O2. The van der Waals surface area contributed by atoms with Gasteiger partial charge in [0.05, 0.1) is 12.6 Å². The van der Waals surface area contributed by atoms with E-state index in [4.69, 9.17) is 0 Å². The first-order valence-electron chi connectivity index (χ1n) is 5.48. The summed E-state index contributed by atoms with van der Waals surface area (Å²) < 4.78 is 25.8. The first-order valence-corrected chi connectivity index (χ1v) is 5.48. The quantitative estimate of drug-likeness (QED) is 0.860. The van der Waals surface area contributed by atoms with Gasteiger partial charge in [-0.05, 0) is 18.6 Å². The Morgan fingerprint density at radius 2 is 2.35 bits per heavy atom. The van der Waals surface area contributed by atoms with E-state index >= 15 is 0 Å². The highest BCUT2D eigenvalue weighted by molar-refractivity contribution is 5.93. The van der Waals surface area contributed by atoms with E-state index in [0.29, 0.717) is 13.0 Å². The number of alkyl halides is 2. The molecule has 1 aliphatic rings. The molecule has 4 nitrogen and oxygen atoms in total. The van der Waals surface area contributed by atoms with Crippen LogP contribution < -0.4 is 0 Å². The summed E-state index contributed by atoms with van der Waals surface area (Å²) in [5, 5.41) is 9.34. The number of aromatic nitrogens is 1. The molecule has 1 fully saturated rings. The number of hydrogen-bond donors (Lipinski definition) is 1. The predicted octanol–water partition coefficient (Wildman–Crippen LogP) is 0.960. The second-order valence-electron chi connectivity index (χ2n) is 4.13. The highest BCUT2D eigenvalue weighted by Crippen LogP contribution is 2.15. The second kappa shape index (κ2) is 4.83. The fraction of sp³-hybridized carbons (Fsp3) is 0.545. The van der Waals surface area contributed by atoms with E-state index in [9.17, 15) is 18.7 Å². The van der Waals surface area contributed by atoms with Crippen molar-refractivity contribution in [3.05, 3.63) is 24.0 Å². The third-order valence-electron chi connectivity index (χ3n) is 2.83. The molecule has 1 aromatic heterocycles. The minimum Gasteiger partial charge on any atom is -0.391 e. The van der Waals surface area contributed by atoms with Crippen LogP contribution in [0.15, 0.2) is 18.3 Å². The SMILES string of the molecule is O=C(c1cccn1CC(F)F)N1CC[C@@H](O)C1. The number of nitrogens with zero attached hydrogens (tertiary/aromatic N) is 2. The average Bonchev–Trinajstić information content (AvgIpc) is 2.85. The van der Waals surface area contributed by atoms with Gasteiger partial charge >= 0.3 is 0 Å². The zero-order valence-electron chi connectivity index (χ0n) is 9.22. The van der Waals surface area contributed by atoms with Crippen molar-refractivity contribution in [1.82, 2.24) is 9.47 Å². The summed E-state index contributed by atoms with van der Waals surface area (Å²) in [6, 6.07) is 3.09. The smallest absolute Gasteiger partial charge is 0.270 e. The molecule has 1 aliphatic heterocycles. The highest BCUT2D eigenvalue weighted by Gasteiger charge is 2.27. The van der Waals surface area contributed by atoms with Crippen LogP contribution in [0.2, 0.25) is 0 Å². The summed E-state index contributed by atoms with van der Waals surface area (Å²) in [6.45, 7) is 0.267. The molecule has 1 aromatic rings. The normalized spacial score (nSPS) is 20.2. The Balaban J connectivity index is 2.11. The topological polar surface area (TPSA) is 45.5 Å². The summed E-state index contributed by atoms with van der Waals surface area (Å²) in [5.41, 5.74) is 0.249. The van der Waals surface area contributed by atoms with Crippen molar-refractivity contribution in [3.8, 4) is 0 Å². The number of amides is 1. The number of halogens is 2. The molecule has 2 heterocycles. The lowest BCUT2D eigenvalue weighted by Gasteiger charge is -2.17. The molecule has 1 amide bonds. The molecule has 2 rings (SSSR count). The minimum atomic E-state index is -2.49. The maximum Gasteiger partial charge on any atom is 0.270 e. The fourth-order valence-corrected chi connectivity index (χ4v) is 2.00. The lowest BCUT2D eigenvalue weighted by atomic mass is 10.3. The van der Waals surface area contributed by atoms with Gasteiger partial charge in [0.15, 0.2) is 0 Å². The minimum absolute atomic E-state index is 0.249. The van der Waals surface area contributed by atoms with Gasteiger partial charge in [0.1, 0.15) is 5.69 Å². The first kappa shape index (κ1) is 12.0. The molecule has 0 spiro atoms. The Bertz CT molecular complexity index is 406. The number of carbonyl (C=O) groups is 1. The molecule has 94 valence electrons. The number of aliphatic hydroxyl groups is 1. The Morgan fingerprint density at radius 1 is 1.59 bits per heavy atom. The molecule has 1 atom stereocenters. The summed E-state index contributed by atoms with van der Waals surface area (Å²) in [5.74, 6) is -0.299. The van der Waals surface area contributed by atoms with Gasteiger partial charge < -0.3 is 14.6 Å². The Hall–Kier alpha value is -1.43. The monoisotopic (exact) mass is 244 g/mol. The zero-order chi connectivity index (χ0) is 12.4. The van der Waals surface area contributed by atoms with Crippen LogP contribution in [-0.2, 0) is 6.54 Å². The number of rotatable bonds is 3. The fourth-order valence-electron chi connectivity index (χ4n) is 2.00. The maximum atomic E-state index is 12.3. The van der Waals surface area contributed by atoms with Gasteiger partial charge in [-0.1, -0.05) is 0 Å². The van der Waals surface area contributed by atoms with Crippen molar-refractivity contribution < 1.29 is 18.7 Å². The van der Waals surface area contributed by atoms with Crippen LogP contribution >= 0.6 is 0 Å². The maximum absolute atomic E-state index is 12.3. The van der Waals surface area contributed by atoms with Crippen LogP contribution in [0.5, 0.6) is 0 Å². The molecular weight excluding hydrogens is 230 g/mol. The first-order chi connectivity index (χ1) is 8.08. The highest BCUT2D eigenvalue weighted by atomic mass is 19.3. The van der Waals surface area contributed by atoms with E-state index in [1.54, 1.807) is 6.07 Å². The van der Waals surface area contributed by atoms with E-state index in [-0.39, 0.29) is 18.1 Å². The van der Waals surface area contributed by atoms with Crippen LogP contribution in [0.4, 0.5) is 8.78 Å². The number of likely N-dealkylation sites (tertiary alicyclic amines) is 1. The molecule has 0 bridgehead atoms. The van der Waals surface area contributed by atoms with Gasteiger partial charge in [-0.2, -0.15) is 0 Å². The van der Waals surface area contributed by atoms with Gasteiger partial charge in [0.2, 0.25) is 0 Å². The Morgan fingerprint density at radius 3 is 2.94 bits per heavy atom. The summed E-state index contributed by atoms with van der Waals surface area (Å²) in [4.78, 5) is 13.5. The van der Waals surface area contributed by atoms with Crippen LogP contribution in [0.1, 0.15) is 16.9 Å². The second-order valence-corrected chi connectivity index (χ2v) is 4.13. The number of aliphatic hydroxyl groups excluding tert-OH is 1. The summed E-state index contributed by atoms with van der Waals surface area (Å²) in [7, 11) is 0. The Labute approximate surface area is 97.4 Å². The third-order valence-corrected chi connectivity index (χ3v) is 2.83. The lowest BCUT2D eigenvalue weighted by Crippen LogP contribution is -2.31. The molecule has 0 aromatic carbocycles. The third kappa shape index (κ3) is 2.63. The number of β-amino-alcohol motifs (C(OH)–C–C–N with tert-alkyl or cyclic N) is 1. The van der Waals surface area contributed by atoms with Crippen molar-refractivity contribution in [1.29, 1.82) is 0 Å². The van der Waals surface area contributed by atoms with Crippen molar-refractivity contribution in [2.75, 3.05) is 13.1 Å². The van der Waals surface area contributed by atoms with Gasteiger partial charge in [-0.15, -0.1) is 0 Å².